The van der Waals surface area contributed by atoms with E-state index in [1.165, 1.54) is 0 Å². The number of amides is 1. The monoisotopic (exact) mass is 257 g/mol. The van der Waals surface area contributed by atoms with Crippen LogP contribution in [0.5, 0.6) is 0 Å². The predicted octanol–water partition coefficient (Wildman–Crippen LogP) is 1.49. The van der Waals surface area contributed by atoms with Crippen molar-refractivity contribution < 1.29 is 4.79 Å². The van der Waals surface area contributed by atoms with Crippen LogP contribution in [0.1, 0.15) is 25.8 Å². The predicted molar refractivity (Wildman–Crippen MR) is 70.8 cm³/mol. The SMILES string of the molecule is CC(C)CC(NCc1cccnc1)C(N)=O.Cl. The van der Waals surface area contributed by atoms with Gasteiger partial charge in [0.05, 0.1) is 6.04 Å². The third-order valence-electron chi connectivity index (χ3n) is 2.33. The fraction of sp³-hybridized carbons (Fsp3) is 0.500. The Morgan fingerprint density at radius 2 is 2.24 bits per heavy atom. The highest BCUT2D eigenvalue weighted by molar-refractivity contribution is 5.85. The largest absolute Gasteiger partial charge is 0.368 e. The number of carbonyl (C=O) groups excluding carboxylic acids is 1. The molecule has 1 atom stereocenters. The lowest BCUT2D eigenvalue weighted by Gasteiger charge is -2.17. The maximum Gasteiger partial charge on any atom is 0.234 e. The molecule has 5 heteroatoms. The Balaban J connectivity index is 0.00000256. The molecule has 0 aliphatic heterocycles. The number of nitrogens with two attached hydrogens (primary N) is 1. The molecule has 1 aromatic heterocycles. The maximum atomic E-state index is 11.2. The Morgan fingerprint density at radius 3 is 2.71 bits per heavy atom. The van der Waals surface area contributed by atoms with Crippen LogP contribution in [0.3, 0.4) is 0 Å². The molecule has 1 heterocycles. The molecule has 17 heavy (non-hydrogen) atoms. The average molecular weight is 258 g/mol. The minimum absolute atomic E-state index is 0. The van der Waals surface area contributed by atoms with Crippen LogP contribution in [0.15, 0.2) is 24.5 Å². The van der Waals surface area contributed by atoms with E-state index in [0.29, 0.717) is 12.5 Å². The highest BCUT2D eigenvalue weighted by atomic mass is 35.5. The van der Waals surface area contributed by atoms with E-state index in [1.807, 2.05) is 12.1 Å². The molecule has 0 aliphatic carbocycles. The second-order valence-electron chi connectivity index (χ2n) is 4.33. The van der Waals surface area contributed by atoms with Gasteiger partial charge in [0.15, 0.2) is 0 Å². The van der Waals surface area contributed by atoms with Gasteiger partial charge in [0.25, 0.3) is 0 Å². The molecule has 0 saturated heterocycles. The van der Waals surface area contributed by atoms with Gasteiger partial charge < -0.3 is 11.1 Å². The van der Waals surface area contributed by atoms with E-state index < -0.39 is 0 Å². The fourth-order valence-electron chi connectivity index (χ4n) is 1.52. The highest BCUT2D eigenvalue weighted by Gasteiger charge is 2.15. The molecule has 0 fully saturated rings. The molecule has 3 N–H and O–H groups in total. The Bertz CT molecular complexity index is 330. The van der Waals surface area contributed by atoms with Crippen molar-refractivity contribution in [2.24, 2.45) is 11.7 Å². The topological polar surface area (TPSA) is 68.0 Å². The van der Waals surface area contributed by atoms with E-state index in [2.05, 4.69) is 24.1 Å². The number of nitrogens with one attached hydrogen (secondary N) is 1. The molecule has 0 radical (unpaired) electrons. The Hall–Kier alpha value is -1.13. The number of rotatable bonds is 6. The molecule has 0 saturated carbocycles. The summed E-state index contributed by atoms with van der Waals surface area (Å²) in [6.45, 7) is 4.76. The Morgan fingerprint density at radius 1 is 1.53 bits per heavy atom. The summed E-state index contributed by atoms with van der Waals surface area (Å²) in [5.41, 5.74) is 6.39. The minimum Gasteiger partial charge on any atom is -0.368 e. The number of nitrogens with zero attached hydrogens (tertiary/aromatic N) is 1. The minimum atomic E-state index is -0.294. The van der Waals surface area contributed by atoms with Gasteiger partial charge >= 0.3 is 0 Å². The van der Waals surface area contributed by atoms with E-state index in [1.54, 1.807) is 12.4 Å². The molecule has 96 valence electrons. The first-order chi connectivity index (χ1) is 7.59. The zero-order valence-electron chi connectivity index (χ0n) is 10.2. The number of hydrogen-bond donors (Lipinski definition) is 2. The van der Waals surface area contributed by atoms with Gasteiger partial charge in [-0.3, -0.25) is 9.78 Å². The van der Waals surface area contributed by atoms with Crippen molar-refractivity contribution in [3.05, 3.63) is 30.1 Å². The smallest absolute Gasteiger partial charge is 0.234 e. The zero-order chi connectivity index (χ0) is 12.0. The van der Waals surface area contributed by atoms with E-state index in [-0.39, 0.29) is 24.4 Å². The van der Waals surface area contributed by atoms with Crippen LogP contribution in [-0.2, 0) is 11.3 Å². The lowest BCUT2D eigenvalue weighted by Crippen LogP contribution is -2.41. The van der Waals surface area contributed by atoms with E-state index in [4.69, 9.17) is 5.73 Å². The number of halogens is 1. The van der Waals surface area contributed by atoms with E-state index in [9.17, 15) is 4.79 Å². The van der Waals surface area contributed by atoms with E-state index >= 15 is 0 Å². The third-order valence-corrected chi connectivity index (χ3v) is 2.33. The average Bonchev–Trinajstić information content (AvgIpc) is 2.25. The standard InChI is InChI=1S/C12H19N3O.ClH/c1-9(2)6-11(12(13)16)15-8-10-4-3-5-14-7-10;/h3-5,7,9,11,15H,6,8H2,1-2H3,(H2,13,16);1H. The molecule has 1 amide bonds. The zero-order valence-corrected chi connectivity index (χ0v) is 11.0. The van der Waals surface area contributed by atoms with Crippen LogP contribution in [0.4, 0.5) is 0 Å². The number of pyridine rings is 1. The first-order valence-corrected chi connectivity index (χ1v) is 5.51. The summed E-state index contributed by atoms with van der Waals surface area (Å²) < 4.78 is 0. The van der Waals surface area contributed by atoms with Crippen LogP contribution < -0.4 is 11.1 Å². The highest BCUT2D eigenvalue weighted by Crippen LogP contribution is 2.05. The van der Waals surface area contributed by atoms with Gasteiger partial charge in [0.1, 0.15) is 0 Å². The summed E-state index contributed by atoms with van der Waals surface area (Å²) in [6.07, 6.45) is 4.26. The first kappa shape index (κ1) is 15.9. The van der Waals surface area contributed by atoms with Crippen molar-refractivity contribution >= 4 is 18.3 Å². The molecule has 0 aromatic carbocycles. The molecule has 0 aliphatic rings. The van der Waals surface area contributed by atoms with E-state index in [0.717, 1.165) is 12.0 Å². The summed E-state index contributed by atoms with van der Waals surface area (Å²) in [7, 11) is 0. The molecule has 1 unspecified atom stereocenters. The van der Waals surface area contributed by atoms with Gasteiger partial charge in [-0.2, -0.15) is 0 Å². The normalized spacial score (nSPS) is 11.9. The van der Waals surface area contributed by atoms with Crippen LogP contribution >= 0.6 is 12.4 Å². The number of hydrogen-bond acceptors (Lipinski definition) is 3. The Kier molecular flexibility index (Phi) is 7.50. The number of primary amides is 1. The molecule has 1 aromatic rings. The third kappa shape index (κ3) is 6.24. The Labute approximate surface area is 108 Å². The lowest BCUT2D eigenvalue weighted by atomic mass is 10.0. The van der Waals surface area contributed by atoms with Gasteiger partial charge in [-0.1, -0.05) is 19.9 Å². The summed E-state index contributed by atoms with van der Waals surface area (Å²) in [4.78, 5) is 15.2. The summed E-state index contributed by atoms with van der Waals surface area (Å²) in [6, 6.07) is 3.58. The van der Waals surface area contributed by atoms with Crippen molar-refractivity contribution in [2.45, 2.75) is 32.9 Å². The number of aromatic nitrogens is 1. The fourth-order valence-corrected chi connectivity index (χ4v) is 1.52. The second kappa shape index (κ2) is 8.03. The van der Waals surface area contributed by atoms with Crippen LogP contribution in [-0.4, -0.2) is 16.9 Å². The molecular formula is C12H20ClN3O. The second-order valence-corrected chi connectivity index (χ2v) is 4.33. The van der Waals surface area contributed by atoms with Crippen molar-refractivity contribution in [2.75, 3.05) is 0 Å². The van der Waals surface area contributed by atoms with Crippen LogP contribution in [0.25, 0.3) is 0 Å². The maximum absolute atomic E-state index is 11.2. The van der Waals surface area contributed by atoms with Crippen molar-refractivity contribution in [1.29, 1.82) is 0 Å². The van der Waals surface area contributed by atoms with Crippen LogP contribution in [0.2, 0.25) is 0 Å². The molecule has 4 nitrogen and oxygen atoms in total. The lowest BCUT2D eigenvalue weighted by molar-refractivity contribution is -0.120. The van der Waals surface area contributed by atoms with Crippen molar-refractivity contribution in [3.8, 4) is 0 Å². The summed E-state index contributed by atoms with van der Waals surface area (Å²) in [5, 5.41) is 3.15. The van der Waals surface area contributed by atoms with Gasteiger partial charge in [0, 0.05) is 18.9 Å². The van der Waals surface area contributed by atoms with Crippen molar-refractivity contribution in [3.63, 3.8) is 0 Å². The first-order valence-electron chi connectivity index (χ1n) is 5.51. The van der Waals surface area contributed by atoms with Gasteiger partial charge in [-0.25, -0.2) is 0 Å². The summed E-state index contributed by atoms with van der Waals surface area (Å²) >= 11 is 0. The quantitative estimate of drug-likeness (QED) is 0.811. The van der Waals surface area contributed by atoms with Gasteiger partial charge in [0.2, 0.25) is 5.91 Å². The van der Waals surface area contributed by atoms with Gasteiger partial charge in [-0.15, -0.1) is 12.4 Å². The molecule has 1 rings (SSSR count). The summed E-state index contributed by atoms with van der Waals surface area (Å²) in [5.74, 6) is 0.150. The molecule has 0 spiro atoms. The van der Waals surface area contributed by atoms with Crippen molar-refractivity contribution in [1.82, 2.24) is 10.3 Å². The molecule has 0 bridgehead atoms. The van der Waals surface area contributed by atoms with Gasteiger partial charge in [-0.05, 0) is 24.0 Å². The number of carbonyl (C=O) groups is 1. The van der Waals surface area contributed by atoms with Crippen LogP contribution in [0, 0.1) is 5.92 Å². The molecular weight excluding hydrogens is 238 g/mol.